The van der Waals surface area contributed by atoms with Crippen molar-refractivity contribution in [3.63, 3.8) is 0 Å². The number of aryl methyl sites for hydroxylation is 2. The van der Waals surface area contributed by atoms with Gasteiger partial charge in [-0.2, -0.15) is 0 Å². The first-order chi connectivity index (χ1) is 19.2. The Morgan fingerprint density at radius 3 is 2.15 bits per heavy atom. The predicted octanol–water partition coefficient (Wildman–Crippen LogP) is 5.23. The number of amides is 2. The van der Waals surface area contributed by atoms with E-state index in [0.717, 1.165) is 42.4 Å². The summed E-state index contributed by atoms with van der Waals surface area (Å²) in [4.78, 5) is 29.1. The summed E-state index contributed by atoms with van der Waals surface area (Å²) in [6, 6.07) is 22.4. The molecular weight excluding hydrogens is 522 g/mol. The standard InChI is InChI=1S/C32H39N3O4S/c1-4-26-15-10-13-21-30(26)35(40(38,39)29-19-6-5-7-20-29)23-31(36)34(22-27-16-9-8-14-24(27)2)25(3)32(37)33-28-17-11-12-18-28/h5-10,13-16,19-21,25,28H,4,11-12,17-18,22-23H2,1-3H3,(H,33,37)/t25-/m1/s1. The van der Waals surface area contributed by atoms with Crippen LogP contribution in [0.2, 0.25) is 0 Å². The van der Waals surface area contributed by atoms with E-state index in [4.69, 9.17) is 0 Å². The molecule has 3 aromatic carbocycles. The molecule has 1 saturated carbocycles. The highest BCUT2D eigenvalue weighted by Gasteiger charge is 2.34. The van der Waals surface area contributed by atoms with E-state index in [1.807, 2.05) is 50.2 Å². The average molecular weight is 562 g/mol. The number of sulfonamides is 1. The number of carbonyl (C=O) groups is 2. The molecule has 0 saturated heterocycles. The maximum atomic E-state index is 14.1. The van der Waals surface area contributed by atoms with Crippen molar-refractivity contribution in [1.29, 1.82) is 0 Å². The molecular formula is C32H39N3O4S. The lowest BCUT2D eigenvalue weighted by atomic mass is 10.1. The van der Waals surface area contributed by atoms with Crippen molar-refractivity contribution in [1.82, 2.24) is 10.2 Å². The average Bonchev–Trinajstić information content (AvgIpc) is 3.48. The van der Waals surface area contributed by atoms with Gasteiger partial charge < -0.3 is 10.2 Å². The van der Waals surface area contributed by atoms with Crippen molar-refractivity contribution in [2.75, 3.05) is 10.8 Å². The van der Waals surface area contributed by atoms with Gasteiger partial charge in [-0.15, -0.1) is 0 Å². The zero-order valence-electron chi connectivity index (χ0n) is 23.5. The molecule has 0 bridgehead atoms. The lowest BCUT2D eigenvalue weighted by Crippen LogP contribution is -2.52. The van der Waals surface area contributed by atoms with Crippen LogP contribution in [0.3, 0.4) is 0 Å². The second kappa shape index (κ2) is 13.1. The number of para-hydroxylation sites is 1. The van der Waals surface area contributed by atoms with E-state index < -0.39 is 28.5 Å². The molecule has 1 aliphatic carbocycles. The summed E-state index contributed by atoms with van der Waals surface area (Å²) >= 11 is 0. The Morgan fingerprint density at radius 1 is 0.900 bits per heavy atom. The van der Waals surface area contributed by atoms with Crippen molar-refractivity contribution in [2.45, 2.75) is 76.4 Å². The molecule has 7 nitrogen and oxygen atoms in total. The van der Waals surface area contributed by atoms with Crippen LogP contribution in [0, 0.1) is 6.92 Å². The van der Waals surface area contributed by atoms with Crippen molar-refractivity contribution < 1.29 is 18.0 Å². The van der Waals surface area contributed by atoms with E-state index in [9.17, 15) is 18.0 Å². The molecule has 0 unspecified atom stereocenters. The molecule has 0 aliphatic heterocycles. The maximum absolute atomic E-state index is 14.1. The number of hydrogen-bond acceptors (Lipinski definition) is 4. The van der Waals surface area contributed by atoms with Crippen LogP contribution < -0.4 is 9.62 Å². The third kappa shape index (κ3) is 6.73. The zero-order valence-corrected chi connectivity index (χ0v) is 24.4. The highest BCUT2D eigenvalue weighted by molar-refractivity contribution is 7.92. The lowest BCUT2D eigenvalue weighted by Gasteiger charge is -2.33. The van der Waals surface area contributed by atoms with Gasteiger partial charge in [0.1, 0.15) is 12.6 Å². The fraction of sp³-hybridized carbons (Fsp3) is 0.375. The maximum Gasteiger partial charge on any atom is 0.264 e. The Hall–Kier alpha value is -3.65. The van der Waals surface area contributed by atoms with E-state index in [1.54, 1.807) is 37.3 Å². The van der Waals surface area contributed by atoms with Gasteiger partial charge in [-0.25, -0.2) is 8.42 Å². The highest BCUT2D eigenvalue weighted by Crippen LogP contribution is 2.28. The summed E-state index contributed by atoms with van der Waals surface area (Å²) < 4.78 is 29.2. The lowest BCUT2D eigenvalue weighted by molar-refractivity contribution is -0.139. The molecule has 212 valence electrons. The number of hydrogen-bond donors (Lipinski definition) is 1. The van der Waals surface area contributed by atoms with Crippen molar-refractivity contribution in [3.8, 4) is 0 Å². The van der Waals surface area contributed by atoms with E-state index >= 15 is 0 Å². The third-order valence-electron chi connectivity index (χ3n) is 7.72. The Balaban J connectivity index is 1.71. The monoisotopic (exact) mass is 561 g/mol. The van der Waals surface area contributed by atoms with Crippen LogP contribution in [0.15, 0.2) is 83.8 Å². The van der Waals surface area contributed by atoms with Gasteiger partial charge in [0.25, 0.3) is 10.0 Å². The van der Waals surface area contributed by atoms with Gasteiger partial charge in [0.15, 0.2) is 0 Å². The van der Waals surface area contributed by atoms with Gasteiger partial charge in [-0.05, 0) is 68.0 Å². The molecule has 1 N–H and O–H groups in total. The van der Waals surface area contributed by atoms with E-state index in [1.165, 1.54) is 21.3 Å². The zero-order chi connectivity index (χ0) is 28.7. The molecule has 0 spiro atoms. The van der Waals surface area contributed by atoms with Crippen LogP contribution in [0.4, 0.5) is 5.69 Å². The SMILES string of the molecule is CCc1ccccc1N(CC(=O)N(Cc1ccccc1C)[C@H](C)C(=O)NC1CCCC1)S(=O)(=O)c1ccccc1. The normalized spacial score (nSPS) is 14.5. The number of anilines is 1. The molecule has 8 heteroatoms. The number of rotatable bonds is 11. The van der Waals surface area contributed by atoms with Crippen molar-refractivity contribution in [3.05, 3.63) is 95.6 Å². The van der Waals surface area contributed by atoms with Crippen LogP contribution >= 0.6 is 0 Å². The fourth-order valence-electron chi connectivity index (χ4n) is 5.23. The predicted molar refractivity (Wildman–Crippen MR) is 158 cm³/mol. The third-order valence-corrected chi connectivity index (χ3v) is 9.50. The quantitative estimate of drug-likeness (QED) is 0.347. The van der Waals surface area contributed by atoms with E-state index in [2.05, 4.69) is 5.32 Å². The smallest absolute Gasteiger partial charge is 0.264 e. The molecule has 4 rings (SSSR count). The molecule has 1 atom stereocenters. The summed E-state index contributed by atoms with van der Waals surface area (Å²) in [5, 5.41) is 3.11. The van der Waals surface area contributed by atoms with Crippen molar-refractivity contribution in [2.24, 2.45) is 0 Å². The number of benzene rings is 3. The van der Waals surface area contributed by atoms with Gasteiger partial charge in [-0.3, -0.25) is 13.9 Å². The Labute approximate surface area is 238 Å². The molecule has 1 aliphatic rings. The Bertz CT molecular complexity index is 1420. The number of nitrogens with one attached hydrogen (secondary N) is 1. The van der Waals surface area contributed by atoms with Gasteiger partial charge in [0.2, 0.25) is 11.8 Å². The van der Waals surface area contributed by atoms with Crippen LogP contribution in [0.25, 0.3) is 0 Å². The van der Waals surface area contributed by atoms with Crippen LogP contribution in [-0.4, -0.2) is 43.8 Å². The summed E-state index contributed by atoms with van der Waals surface area (Å²) in [6.45, 7) is 5.40. The number of nitrogens with zero attached hydrogens (tertiary/aromatic N) is 2. The minimum absolute atomic E-state index is 0.103. The second-order valence-electron chi connectivity index (χ2n) is 10.4. The summed E-state index contributed by atoms with van der Waals surface area (Å²) in [5.41, 5.74) is 3.17. The molecule has 0 aromatic heterocycles. The first-order valence-electron chi connectivity index (χ1n) is 14.0. The Morgan fingerprint density at radius 2 is 1.50 bits per heavy atom. The van der Waals surface area contributed by atoms with Crippen molar-refractivity contribution >= 4 is 27.5 Å². The first-order valence-corrected chi connectivity index (χ1v) is 15.5. The fourth-order valence-corrected chi connectivity index (χ4v) is 6.70. The summed E-state index contributed by atoms with van der Waals surface area (Å²) in [7, 11) is -4.08. The molecule has 3 aromatic rings. The second-order valence-corrected chi connectivity index (χ2v) is 12.3. The van der Waals surface area contributed by atoms with Crippen LogP contribution in [-0.2, 0) is 32.6 Å². The molecule has 0 heterocycles. The van der Waals surface area contributed by atoms with Crippen LogP contribution in [0.1, 0.15) is 56.2 Å². The van der Waals surface area contributed by atoms with Gasteiger partial charge in [0, 0.05) is 12.6 Å². The summed E-state index contributed by atoms with van der Waals surface area (Å²) in [6.07, 6.45) is 4.61. The largest absolute Gasteiger partial charge is 0.352 e. The number of carbonyl (C=O) groups excluding carboxylic acids is 2. The molecule has 0 radical (unpaired) electrons. The topological polar surface area (TPSA) is 86.8 Å². The Kier molecular flexibility index (Phi) is 9.63. The molecule has 1 fully saturated rings. The highest BCUT2D eigenvalue weighted by atomic mass is 32.2. The van der Waals surface area contributed by atoms with Gasteiger partial charge in [0.05, 0.1) is 10.6 Å². The summed E-state index contributed by atoms with van der Waals surface area (Å²) in [5.74, 6) is -0.664. The minimum atomic E-state index is -4.08. The van der Waals surface area contributed by atoms with Gasteiger partial charge >= 0.3 is 0 Å². The van der Waals surface area contributed by atoms with E-state index in [-0.39, 0.29) is 23.4 Å². The van der Waals surface area contributed by atoms with E-state index in [0.29, 0.717) is 12.1 Å². The molecule has 40 heavy (non-hydrogen) atoms. The van der Waals surface area contributed by atoms with Crippen LogP contribution in [0.5, 0.6) is 0 Å². The molecule has 2 amide bonds. The first kappa shape index (κ1) is 29.3. The van der Waals surface area contributed by atoms with Gasteiger partial charge in [-0.1, -0.05) is 80.4 Å². The minimum Gasteiger partial charge on any atom is -0.352 e.